The minimum absolute atomic E-state index is 0.0527. The van der Waals surface area contributed by atoms with Crippen molar-refractivity contribution < 1.29 is 62.2 Å². The van der Waals surface area contributed by atoms with E-state index in [1.807, 2.05) is 0 Å². The van der Waals surface area contributed by atoms with Crippen molar-refractivity contribution in [3.05, 3.63) is 30.8 Å². The molecule has 45 heavy (non-hydrogen) atoms. The van der Waals surface area contributed by atoms with Crippen LogP contribution in [0.4, 0.5) is 5.82 Å². The normalized spacial score (nSPS) is 31.4. The number of phosphoric ester groups is 2. The summed E-state index contributed by atoms with van der Waals surface area (Å²) in [6.07, 6.45) is -7.16. The number of nitrogens with two attached hydrogens (primary N) is 1. The van der Waals surface area contributed by atoms with Crippen molar-refractivity contribution in [2.75, 3.05) is 18.9 Å². The number of aromatic nitrogens is 8. The molecule has 23 nitrogen and oxygen atoms in total. The second kappa shape index (κ2) is 11.8. The predicted molar refractivity (Wildman–Crippen MR) is 142 cm³/mol. The molecular formula is C20H26N10O13P2. The lowest BCUT2D eigenvalue weighted by molar-refractivity contribution is -0.0533. The number of phosphoric acid groups is 2. The molecular weight excluding hydrogens is 650 g/mol. The third-order valence-corrected chi connectivity index (χ3v) is 9.63. The van der Waals surface area contributed by atoms with E-state index in [0.717, 1.165) is 12.7 Å². The van der Waals surface area contributed by atoms with E-state index in [9.17, 15) is 39.3 Å². The van der Waals surface area contributed by atoms with E-state index in [1.165, 1.54) is 21.8 Å². The van der Waals surface area contributed by atoms with Crippen molar-refractivity contribution in [2.45, 2.75) is 49.1 Å². The maximum absolute atomic E-state index is 12.5. The van der Waals surface area contributed by atoms with Crippen molar-refractivity contribution in [1.82, 2.24) is 39.0 Å². The average molecular weight is 676 g/mol. The minimum Gasteiger partial charge on any atom is -0.387 e. The first kappa shape index (κ1) is 31.7. The van der Waals surface area contributed by atoms with Gasteiger partial charge in [0.1, 0.15) is 60.3 Å². The molecule has 0 aliphatic carbocycles. The van der Waals surface area contributed by atoms with Gasteiger partial charge in [-0.25, -0.2) is 34.0 Å². The molecule has 0 bridgehead atoms. The predicted octanol–water partition coefficient (Wildman–Crippen LogP) is -2.85. The smallest absolute Gasteiger partial charge is 0.387 e. The van der Waals surface area contributed by atoms with Crippen LogP contribution in [0.1, 0.15) is 12.5 Å². The number of rotatable bonds is 10. The Morgan fingerprint density at radius 1 is 0.844 bits per heavy atom. The highest BCUT2D eigenvalue weighted by molar-refractivity contribution is 7.61. The Balaban J connectivity index is 1.05. The van der Waals surface area contributed by atoms with Crippen molar-refractivity contribution in [2.24, 2.45) is 0 Å². The molecule has 2 aliphatic heterocycles. The zero-order chi connectivity index (χ0) is 32.3. The lowest BCUT2D eigenvalue weighted by atomic mass is 10.1. The molecule has 2 saturated heterocycles. The zero-order valence-electron chi connectivity index (χ0n) is 22.5. The van der Waals surface area contributed by atoms with Gasteiger partial charge in [-0.1, -0.05) is 0 Å². The van der Waals surface area contributed by atoms with Gasteiger partial charge in [-0.05, 0) is 0 Å². The fraction of sp³-hybridized carbons (Fsp3) is 0.500. The van der Waals surface area contributed by atoms with E-state index in [2.05, 4.69) is 34.2 Å². The van der Waals surface area contributed by atoms with E-state index >= 15 is 0 Å². The fourth-order valence-corrected chi connectivity index (χ4v) is 6.94. The second-order valence-corrected chi connectivity index (χ2v) is 12.9. The van der Waals surface area contributed by atoms with Gasteiger partial charge in [0.2, 0.25) is 0 Å². The number of anilines is 1. The van der Waals surface area contributed by atoms with Gasteiger partial charge in [-0.3, -0.25) is 23.6 Å². The molecule has 244 valence electrons. The molecule has 0 spiro atoms. The highest BCUT2D eigenvalue weighted by atomic mass is 31.3. The first-order chi connectivity index (χ1) is 21.3. The number of fused-ring (bicyclic) bond motifs is 2. The van der Waals surface area contributed by atoms with Crippen LogP contribution >= 0.6 is 15.6 Å². The Labute approximate surface area is 249 Å². The molecule has 10 atom stereocenters. The third-order valence-electron chi connectivity index (χ3n) is 7.03. The molecule has 10 N–H and O–H groups in total. The van der Waals surface area contributed by atoms with E-state index in [-0.39, 0.29) is 33.6 Å². The highest BCUT2D eigenvalue weighted by Crippen LogP contribution is 2.60. The molecule has 6 heterocycles. The average Bonchev–Trinajstić information content (AvgIpc) is 3.75. The summed E-state index contributed by atoms with van der Waals surface area (Å²) < 4.78 is 52.3. The van der Waals surface area contributed by atoms with Crippen molar-refractivity contribution in [1.29, 1.82) is 5.41 Å². The standard InChI is InChI=1S/C20H26N10O13P2/c21-15-10-18(26-4-24-15)29(5-27-10)19-13(33)11(31)7(41-19)1-39-44(35,36)43-45(37,38)40-2-8-12(32)14(34)20(42-8)30-6-28-16(22)9-17(30)25-3-23-9/h3-8,11-14,19-20,22,31-34H,1-2H2,(H,23,25)(H,35,36)(H,37,38)(H2,21,24,26)/t7-,8+,11-,12+,13-,14+,19-,20+/m0/s1. The molecule has 0 radical (unpaired) electrons. The van der Waals surface area contributed by atoms with Gasteiger partial charge < -0.3 is 50.4 Å². The summed E-state index contributed by atoms with van der Waals surface area (Å²) in [6.45, 7) is -1.80. The van der Waals surface area contributed by atoms with Gasteiger partial charge >= 0.3 is 15.6 Å². The van der Waals surface area contributed by atoms with Crippen LogP contribution in [0, 0.1) is 5.41 Å². The van der Waals surface area contributed by atoms with Crippen LogP contribution in [-0.2, 0) is 32.0 Å². The molecule has 25 heteroatoms. The van der Waals surface area contributed by atoms with Crippen LogP contribution in [0.25, 0.3) is 22.3 Å². The van der Waals surface area contributed by atoms with Gasteiger partial charge in [0.15, 0.2) is 35.1 Å². The molecule has 4 aromatic heterocycles. The Hall–Kier alpha value is -3.28. The first-order valence-corrected chi connectivity index (χ1v) is 15.8. The monoisotopic (exact) mass is 676 g/mol. The van der Waals surface area contributed by atoms with E-state index in [0.29, 0.717) is 0 Å². The number of nitrogens with one attached hydrogen (secondary N) is 2. The minimum atomic E-state index is -5.38. The topological polar surface area (TPSA) is 342 Å². The van der Waals surface area contributed by atoms with Crippen molar-refractivity contribution in [3.63, 3.8) is 0 Å². The van der Waals surface area contributed by atoms with E-state index in [4.69, 9.17) is 29.7 Å². The summed E-state index contributed by atoms with van der Waals surface area (Å²) in [5.74, 6) is 0.0527. The number of aliphatic hydroxyl groups is 4. The van der Waals surface area contributed by atoms with Crippen molar-refractivity contribution in [3.8, 4) is 0 Å². The number of hydrogen-bond acceptors (Lipinski definition) is 18. The van der Waals surface area contributed by atoms with Crippen LogP contribution in [-0.4, -0.2) is 119 Å². The first-order valence-electron chi connectivity index (χ1n) is 12.8. The summed E-state index contributed by atoms with van der Waals surface area (Å²) in [5.41, 5.74) is 6.35. The molecule has 2 fully saturated rings. The Morgan fingerprint density at radius 2 is 1.40 bits per heavy atom. The summed E-state index contributed by atoms with van der Waals surface area (Å²) in [4.78, 5) is 42.6. The largest absolute Gasteiger partial charge is 0.481 e. The SMILES string of the molecule is N=c1ncn([C@@H]2O[C@H](COP(=O)(O)OP(=O)(O)OC[C@@H]3O[C@H](n4cnc5c(N)ncnc54)[C@@H](O)[C@H]3O)[C@@H](O)[C@H]2O)c2nc[nH]c12. The Bertz CT molecular complexity index is 1870. The third kappa shape index (κ3) is 6.02. The van der Waals surface area contributed by atoms with Gasteiger partial charge in [0.25, 0.3) is 0 Å². The number of nitrogens with zero attached hydrogens (tertiary/aromatic N) is 7. The van der Waals surface area contributed by atoms with E-state index < -0.39 is 77.9 Å². The highest BCUT2D eigenvalue weighted by Gasteiger charge is 2.48. The Morgan fingerprint density at radius 3 is 2.00 bits per heavy atom. The lowest BCUT2D eigenvalue weighted by Crippen LogP contribution is -2.34. The lowest BCUT2D eigenvalue weighted by Gasteiger charge is -2.20. The maximum atomic E-state index is 12.5. The van der Waals surface area contributed by atoms with Gasteiger partial charge in [-0.2, -0.15) is 4.31 Å². The van der Waals surface area contributed by atoms with E-state index in [1.54, 1.807) is 0 Å². The van der Waals surface area contributed by atoms with Crippen LogP contribution in [0.3, 0.4) is 0 Å². The number of ether oxygens (including phenoxy) is 2. The number of H-pyrrole nitrogens is 1. The van der Waals surface area contributed by atoms with Crippen LogP contribution in [0.5, 0.6) is 0 Å². The van der Waals surface area contributed by atoms with Gasteiger partial charge in [-0.15, -0.1) is 0 Å². The molecule has 4 aromatic rings. The quantitative estimate of drug-likeness (QED) is 0.0763. The van der Waals surface area contributed by atoms with Crippen LogP contribution < -0.4 is 11.2 Å². The number of aromatic amines is 1. The number of aliphatic hydroxyl groups excluding tert-OH is 4. The number of nitrogen functional groups attached to an aromatic ring is 1. The fourth-order valence-electron chi connectivity index (χ4n) is 4.84. The second-order valence-electron chi connectivity index (χ2n) is 9.89. The van der Waals surface area contributed by atoms with Crippen LogP contribution in [0.15, 0.2) is 25.3 Å². The molecule has 0 saturated carbocycles. The number of imidazole rings is 2. The molecule has 2 aliphatic rings. The Kier molecular flexibility index (Phi) is 8.33. The molecule has 0 aromatic carbocycles. The maximum Gasteiger partial charge on any atom is 0.481 e. The molecule has 6 rings (SSSR count). The van der Waals surface area contributed by atoms with Crippen molar-refractivity contribution >= 4 is 43.8 Å². The zero-order valence-corrected chi connectivity index (χ0v) is 24.3. The summed E-state index contributed by atoms with van der Waals surface area (Å²) >= 11 is 0. The summed E-state index contributed by atoms with van der Waals surface area (Å²) in [6, 6.07) is 0. The molecule has 0 amide bonds. The van der Waals surface area contributed by atoms with Gasteiger partial charge in [0, 0.05) is 0 Å². The summed E-state index contributed by atoms with van der Waals surface area (Å²) in [7, 11) is -10.7. The van der Waals surface area contributed by atoms with Gasteiger partial charge in [0.05, 0.1) is 25.9 Å². The number of hydrogen-bond donors (Lipinski definition) is 9. The molecule has 2 unspecified atom stereocenters. The van der Waals surface area contributed by atoms with Crippen LogP contribution in [0.2, 0.25) is 0 Å². The summed E-state index contributed by atoms with van der Waals surface area (Å²) in [5, 5.41) is 49.7.